The van der Waals surface area contributed by atoms with Crippen molar-refractivity contribution in [2.24, 2.45) is 0 Å². The van der Waals surface area contributed by atoms with Crippen LogP contribution in [0.3, 0.4) is 0 Å². The molecule has 0 N–H and O–H groups in total. The summed E-state index contributed by atoms with van der Waals surface area (Å²) in [5, 5.41) is 0. The van der Waals surface area contributed by atoms with Crippen molar-refractivity contribution in [3.8, 4) is 0 Å². The minimum absolute atomic E-state index is 0.136. The minimum Gasteiger partial charge on any atom is -0.366 e. The second-order valence-electron chi connectivity index (χ2n) is 4.63. The van der Waals surface area contributed by atoms with Crippen molar-refractivity contribution in [1.29, 1.82) is 0 Å². The molecule has 0 spiro atoms. The molecule has 1 aromatic rings. The first-order chi connectivity index (χ1) is 8.27. The number of hydrogen-bond donors (Lipinski definition) is 0. The second-order valence-corrected chi connectivity index (χ2v) is 4.90. The molecule has 0 aromatic heterocycles. The Morgan fingerprint density at radius 1 is 1.41 bits per heavy atom. The fourth-order valence-corrected chi connectivity index (χ4v) is 2.92. The lowest BCUT2D eigenvalue weighted by molar-refractivity contribution is 0.442. The highest BCUT2D eigenvalue weighted by atomic mass is 35.5. The third kappa shape index (κ3) is 2.57. The van der Waals surface area contributed by atoms with Crippen molar-refractivity contribution in [2.75, 3.05) is 11.4 Å². The van der Waals surface area contributed by atoms with Gasteiger partial charge >= 0.3 is 0 Å². The van der Waals surface area contributed by atoms with E-state index in [2.05, 4.69) is 11.8 Å². The fraction of sp³-hybridized carbons (Fsp3) is 0.571. The van der Waals surface area contributed by atoms with Crippen molar-refractivity contribution in [2.45, 2.75) is 44.5 Å². The number of piperidine rings is 1. The van der Waals surface area contributed by atoms with Gasteiger partial charge in [0.15, 0.2) is 0 Å². The predicted molar refractivity (Wildman–Crippen MR) is 71.2 cm³/mol. The van der Waals surface area contributed by atoms with Crippen LogP contribution in [0.15, 0.2) is 18.2 Å². The van der Waals surface area contributed by atoms with Crippen LogP contribution in [-0.4, -0.2) is 12.6 Å². The number of halogens is 2. The van der Waals surface area contributed by atoms with E-state index in [1.807, 2.05) is 6.07 Å². The highest BCUT2D eigenvalue weighted by molar-refractivity contribution is 6.17. The Morgan fingerprint density at radius 2 is 2.24 bits per heavy atom. The number of alkyl halides is 1. The Labute approximate surface area is 108 Å². The fourth-order valence-electron chi connectivity index (χ4n) is 2.71. The third-order valence-corrected chi connectivity index (χ3v) is 3.89. The maximum Gasteiger partial charge on any atom is 0.146 e. The van der Waals surface area contributed by atoms with Gasteiger partial charge in [-0.25, -0.2) is 4.39 Å². The normalized spacial score (nSPS) is 20.6. The molecule has 1 aliphatic heterocycles. The zero-order valence-corrected chi connectivity index (χ0v) is 11.0. The standard InChI is InChI=1S/C14H19ClFN/c1-2-12-7-3-4-9-17(12)14-11(10-15)6-5-8-13(14)16/h5-6,8,12H,2-4,7,9-10H2,1H3. The second kappa shape index (κ2) is 5.72. The molecular formula is C14H19ClFN. The third-order valence-electron chi connectivity index (χ3n) is 3.60. The molecule has 1 aromatic carbocycles. The van der Waals surface area contributed by atoms with Crippen LogP contribution in [0.4, 0.5) is 10.1 Å². The zero-order valence-electron chi connectivity index (χ0n) is 10.3. The Bertz CT molecular complexity index is 380. The van der Waals surface area contributed by atoms with Gasteiger partial charge in [-0.05, 0) is 37.3 Å². The number of rotatable bonds is 3. The molecule has 0 radical (unpaired) electrons. The quantitative estimate of drug-likeness (QED) is 0.727. The average molecular weight is 256 g/mol. The lowest BCUT2D eigenvalue weighted by atomic mass is 9.98. The lowest BCUT2D eigenvalue weighted by Crippen LogP contribution is -2.40. The maximum absolute atomic E-state index is 14.0. The van der Waals surface area contributed by atoms with E-state index in [1.54, 1.807) is 6.07 Å². The summed E-state index contributed by atoms with van der Waals surface area (Å²) in [4.78, 5) is 2.22. The van der Waals surface area contributed by atoms with E-state index < -0.39 is 0 Å². The van der Waals surface area contributed by atoms with Crippen molar-refractivity contribution in [3.05, 3.63) is 29.6 Å². The molecular weight excluding hydrogens is 237 g/mol. The molecule has 0 aliphatic carbocycles. The molecule has 0 amide bonds. The molecule has 3 heteroatoms. The number of benzene rings is 1. The minimum atomic E-state index is -0.136. The van der Waals surface area contributed by atoms with Crippen LogP contribution in [0.25, 0.3) is 0 Å². The van der Waals surface area contributed by atoms with Crippen LogP contribution >= 0.6 is 11.6 Å². The predicted octanol–water partition coefficient (Wildman–Crippen LogP) is 4.33. The number of nitrogens with zero attached hydrogens (tertiary/aromatic N) is 1. The molecule has 2 rings (SSSR count). The Kier molecular flexibility index (Phi) is 4.27. The first-order valence-electron chi connectivity index (χ1n) is 6.38. The van der Waals surface area contributed by atoms with Crippen LogP contribution in [0.2, 0.25) is 0 Å². The summed E-state index contributed by atoms with van der Waals surface area (Å²) in [6.45, 7) is 3.12. The summed E-state index contributed by atoms with van der Waals surface area (Å²) < 4.78 is 14.0. The number of hydrogen-bond acceptors (Lipinski definition) is 1. The molecule has 1 heterocycles. The van der Waals surface area contributed by atoms with Crippen LogP contribution in [0.1, 0.15) is 38.2 Å². The molecule has 1 aliphatic rings. The summed E-state index contributed by atoms with van der Waals surface area (Å²) in [6.07, 6.45) is 4.62. The van der Waals surface area contributed by atoms with Gasteiger partial charge < -0.3 is 4.90 Å². The van der Waals surface area contributed by atoms with E-state index in [-0.39, 0.29) is 5.82 Å². The van der Waals surface area contributed by atoms with Crippen LogP contribution in [-0.2, 0) is 5.88 Å². The Balaban J connectivity index is 2.36. The van der Waals surface area contributed by atoms with E-state index in [4.69, 9.17) is 11.6 Å². The van der Waals surface area contributed by atoms with Gasteiger partial charge in [0.2, 0.25) is 0 Å². The zero-order chi connectivity index (χ0) is 12.3. The number of para-hydroxylation sites is 1. The highest BCUT2D eigenvalue weighted by Crippen LogP contribution is 2.32. The smallest absolute Gasteiger partial charge is 0.146 e. The summed E-state index contributed by atoms with van der Waals surface area (Å²) >= 11 is 5.92. The summed E-state index contributed by atoms with van der Waals surface area (Å²) in [6, 6.07) is 5.66. The van der Waals surface area contributed by atoms with Gasteiger partial charge in [-0.3, -0.25) is 0 Å². The maximum atomic E-state index is 14.0. The number of anilines is 1. The summed E-state index contributed by atoms with van der Waals surface area (Å²) in [5.74, 6) is 0.239. The van der Waals surface area contributed by atoms with Crippen molar-refractivity contribution in [3.63, 3.8) is 0 Å². The van der Waals surface area contributed by atoms with E-state index >= 15 is 0 Å². The molecule has 1 atom stereocenters. The Morgan fingerprint density at radius 3 is 2.94 bits per heavy atom. The van der Waals surface area contributed by atoms with Crippen LogP contribution < -0.4 is 4.90 Å². The SMILES string of the molecule is CCC1CCCCN1c1c(F)cccc1CCl. The largest absolute Gasteiger partial charge is 0.366 e. The molecule has 0 bridgehead atoms. The first kappa shape index (κ1) is 12.7. The van der Waals surface area contributed by atoms with Gasteiger partial charge in [-0.2, -0.15) is 0 Å². The first-order valence-corrected chi connectivity index (χ1v) is 6.91. The van der Waals surface area contributed by atoms with Crippen molar-refractivity contribution < 1.29 is 4.39 Å². The van der Waals surface area contributed by atoms with E-state index in [0.717, 1.165) is 37.1 Å². The summed E-state index contributed by atoms with van der Waals surface area (Å²) in [5.41, 5.74) is 1.64. The van der Waals surface area contributed by atoms with Crippen molar-refractivity contribution >= 4 is 17.3 Å². The van der Waals surface area contributed by atoms with Crippen molar-refractivity contribution in [1.82, 2.24) is 0 Å². The molecule has 1 saturated heterocycles. The molecule has 0 saturated carbocycles. The topological polar surface area (TPSA) is 3.24 Å². The van der Waals surface area contributed by atoms with Gasteiger partial charge in [-0.1, -0.05) is 19.1 Å². The monoisotopic (exact) mass is 255 g/mol. The van der Waals surface area contributed by atoms with Crippen LogP contribution in [0.5, 0.6) is 0 Å². The van der Waals surface area contributed by atoms with Gasteiger partial charge in [0.05, 0.1) is 5.69 Å². The van der Waals surface area contributed by atoms with Gasteiger partial charge in [0.1, 0.15) is 5.82 Å². The molecule has 94 valence electrons. The van der Waals surface area contributed by atoms with E-state index in [9.17, 15) is 4.39 Å². The van der Waals surface area contributed by atoms with E-state index in [0.29, 0.717) is 11.9 Å². The molecule has 17 heavy (non-hydrogen) atoms. The highest BCUT2D eigenvalue weighted by Gasteiger charge is 2.25. The van der Waals surface area contributed by atoms with Crippen LogP contribution in [0, 0.1) is 5.82 Å². The lowest BCUT2D eigenvalue weighted by Gasteiger charge is -2.38. The molecule has 1 unspecified atom stereocenters. The Hall–Kier alpha value is -0.760. The average Bonchev–Trinajstić information content (AvgIpc) is 2.38. The van der Waals surface area contributed by atoms with Gasteiger partial charge in [0, 0.05) is 18.5 Å². The van der Waals surface area contributed by atoms with E-state index in [1.165, 1.54) is 12.5 Å². The molecule has 1 fully saturated rings. The summed E-state index contributed by atoms with van der Waals surface area (Å²) in [7, 11) is 0. The van der Waals surface area contributed by atoms with Gasteiger partial charge in [-0.15, -0.1) is 11.6 Å². The van der Waals surface area contributed by atoms with Gasteiger partial charge in [0.25, 0.3) is 0 Å². The molecule has 1 nitrogen and oxygen atoms in total.